The Morgan fingerprint density at radius 2 is 1.63 bits per heavy atom. The Balaban J connectivity index is 1.92. The van der Waals surface area contributed by atoms with Crippen molar-refractivity contribution in [2.75, 3.05) is 0 Å². The molecule has 0 heterocycles. The van der Waals surface area contributed by atoms with Crippen molar-refractivity contribution in [2.24, 2.45) is 11.7 Å². The second kappa shape index (κ2) is 9.56. The summed E-state index contributed by atoms with van der Waals surface area (Å²) in [6, 6.07) is 11.5. The Hall–Kier alpha value is -3.09. The number of amides is 3. The maximum absolute atomic E-state index is 12.9. The molecule has 2 atom stereocenters. The van der Waals surface area contributed by atoms with Gasteiger partial charge in [-0.05, 0) is 47.9 Å². The van der Waals surface area contributed by atoms with Crippen LogP contribution >= 0.6 is 0 Å². The summed E-state index contributed by atoms with van der Waals surface area (Å²) in [5.41, 5.74) is 6.03. The van der Waals surface area contributed by atoms with Crippen LogP contribution in [-0.4, -0.2) is 18.0 Å². The molecule has 27 heavy (non-hydrogen) atoms. The first-order chi connectivity index (χ1) is 12.9. The maximum atomic E-state index is 12.9. The average molecular weight is 373 g/mol. The Morgan fingerprint density at radius 1 is 1.07 bits per heavy atom. The van der Waals surface area contributed by atoms with Crippen LogP contribution in [0.3, 0.4) is 0 Å². The first-order valence-electron chi connectivity index (χ1n) is 8.75. The van der Waals surface area contributed by atoms with E-state index in [1.165, 1.54) is 12.1 Å². The molecule has 144 valence electrons. The average Bonchev–Trinajstić information content (AvgIpc) is 2.66. The molecular formula is C20H24FN3O3. The Bertz CT molecular complexity index is 763. The molecule has 0 spiro atoms. The standard InChI is InChI=1S/C20H24FN3O3/c1-3-13(2)18(24-20(22)26)19(25)23-12-14-4-8-16(9-5-14)27-17-10-6-15(21)7-11-17/h4-11,13,18H,3,12H2,1-2H3,(H,23,25)(H3,22,24,26). The van der Waals surface area contributed by atoms with Gasteiger partial charge in [0.1, 0.15) is 23.4 Å². The van der Waals surface area contributed by atoms with Crippen LogP contribution in [-0.2, 0) is 11.3 Å². The van der Waals surface area contributed by atoms with Gasteiger partial charge in [-0.25, -0.2) is 9.18 Å². The highest BCUT2D eigenvalue weighted by molar-refractivity contribution is 5.86. The number of nitrogens with two attached hydrogens (primary N) is 1. The number of hydrogen-bond acceptors (Lipinski definition) is 3. The lowest BCUT2D eigenvalue weighted by molar-refractivity contribution is -0.124. The summed E-state index contributed by atoms with van der Waals surface area (Å²) in [7, 11) is 0. The van der Waals surface area contributed by atoms with Crippen LogP contribution in [0.2, 0.25) is 0 Å². The molecule has 0 fully saturated rings. The minimum Gasteiger partial charge on any atom is -0.457 e. The highest BCUT2D eigenvalue weighted by atomic mass is 19.1. The number of ether oxygens (including phenoxy) is 1. The molecule has 2 unspecified atom stereocenters. The SMILES string of the molecule is CCC(C)C(NC(N)=O)C(=O)NCc1ccc(Oc2ccc(F)cc2)cc1. The lowest BCUT2D eigenvalue weighted by Crippen LogP contribution is -2.51. The number of primary amides is 1. The molecule has 2 aromatic carbocycles. The largest absolute Gasteiger partial charge is 0.457 e. The van der Waals surface area contributed by atoms with Gasteiger partial charge in [-0.2, -0.15) is 0 Å². The minimum atomic E-state index is -0.724. The first-order valence-corrected chi connectivity index (χ1v) is 8.75. The fourth-order valence-corrected chi connectivity index (χ4v) is 2.47. The summed E-state index contributed by atoms with van der Waals surface area (Å²) in [4.78, 5) is 23.5. The van der Waals surface area contributed by atoms with E-state index in [0.29, 0.717) is 18.0 Å². The second-order valence-electron chi connectivity index (χ2n) is 6.29. The number of carbonyl (C=O) groups is 2. The minimum absolute atomic E-state index is 0.0380. The quantitative estimate of drug-likeness (QED) is 0.663. The molecule has 7 heteroatoms. The first kappa shape index (κ1) is 20.2. The van der Waals surface area contributed by atoms with Crippen LogP contribution in [0.1, 0.15) is 25.8 Å². The van der Waals surface area contributed by atoms with Crippen LogP contribution in [0.4, 0.5) is 9.18 Å². The molecule has 2 rings (SSSR count). The van der Waals surface area contributed by atoms with Gasteiger partial charge in [-0.1, -0.05) is 32.4 Å². The molecule has 6 nitrogen and oxygen atoms in total. The monoisotopic (exact) mass is 373 g/mol. The van der Waals surface area contributed by atoms with Crippen molar-refractivity contribution in [2.45, 2.75) is 32.9 Å². The molecule has 0 aliphatic carbocycles. The molecule has 3 amide bonds. The highest BCUT2D eigenvalue weighted by Gasteiger charge is 2.24. The molecule has 0 bridgehead atoms. The van der Waals surface area contributed by atoms with Crippen LogP contribution in [0.5, 0.6) is 11.5 Å². The third-order valence-corrected chi connectivity index (χ3v) is 4.23. The molecule has 0 aliphatic rings. The lowest BCUT2D eigenvalue weighted by atomic mass is 9.98. The third-order valence-electron chi connectivity index (χ3n) is 4.23. The summed E-state index contributed by atoms with van der Waals surface area (Å²) in [6.45, 7) is 4.12. The molecule has 0 saturated carbocycles. The highest BCUT2D eigenvalue weighted by Crippen LogP contribution is 2.21. The summed E-state index contributed by atoms with van der Waals surface area (Å²) < 4.78 is 18.5. The van der Waals surface area contributed by atoms with E-state index in [1.807, 2.05) is 26.0 Å². The zero-order valence-corrected chi connectivity index (χ0v) is 15.4. The van der Waals surface area contributed by atoms with Gasteiger partial charge in [-0.3, -0.25) is 4.79 Å². The van der Waals surface area contributed by atoms with E-state index in [2.05, 4.69) is 10.6 Å². The number of nitrogens with one attached hydrogen (secondary N) is 2. The predicted molar refractivity (Wildman–Crippen MR) is 101 cm³/mol. The van der Waals surface area contributed by atoms with Gasteiger partial charge in [0.05, 0.1) is 0 Å². The lowest BCUT2D eigenvalue weighted by Gasteiger charge is -2.22. The predicted octanol–water partition coefficient (Wildman–Crippen LogP) is 3.32. The van der Waals surface area contributed by atoms with Crippen LogP contribution in [0, 0.1) is 11.7 Å². The molecular weight excluding hydrogens is 349 g/mol. The van der Waals surface area contributed by atoms with Crippen molar-refractivity contribution < 1.29 is 18.7 Å². The Labute approximate surface area is 157 Å². The van der Waals surface area contributed by atoms with E-state index in [1.54, 1.807) is 24.3 Å². The van der Waals surface area contributed by atoms with Crippen molar-refractivity contribution in [3.8, 4) is 11.5 Å². The van der Waals surface area contributed by atoms with Crippen LogP contribution in [0.15, 0.2) is 48.5 Å². The van der Waals surface area contributed by atoms with Gasteiger partial charge in [0.25, 0.3) is 0 Å². The fraction of sp³-hybridized carbons (Fsp3) is 0.300. The number of halogens is 1. The summed E-state index contributed by atoms with van der Waals surface area (Å²) in [6.07, 6.45) is 0.730. The molecule has 0 aliphatic heterocycles. The van der Waals surface area contributed by atoms with Gasteiger partial charge in [0.15, 0.2) is 0 Å². The van der Waals surface area contributed by atoms with E-state index < -0.39 is 12.1 Å². The van der Waals surface area contributed by atoms with Crippen molar-refractivity contribution in [3.63, 3.8) is 0 Å². The molecule has 0 radical (unpaired) electrons. The molecule has 0 aromatic heterocycles. The zero-order chi connectivity index (χ0) is 19.8. The van der Waals surface area contributed by atoms with Crippen molar-refractivity contribution in [1.82, 2.24) is 10.6 Å². The van der Waals surface area contributed by atoms with Crippen LogP contribution in [0.25, 0.3) is 0 Å². The molecule has 2 aromatic rings. The van der Waals surface area contributed by atoms with Crippen molar-refractivity contribution in [3.05, 3.63) is 59.9 Å². The number of hydrogen-bond donors (Lipinski definition) is 3. The molecule has 0 saturated heterocycles. The van der Waals surface area contributed by atoms with E-state index in [9.17, 15) is 14.0 Å². The fourth-order valence-electron chi connectivity index (χ4n) is 2.47. The van der Waals surface area contributed by atoms with Crippen molar-refractivity contribution in [1.29, 1.82) is 0 Å². The third kappa shape index (κ3) is 6.29. The van der Waals surface area contributed by atoms with E-state index in [4.69, 9.17) is 10.5 Å². The van der Waals surface area contributed by atoms with Crippen LogP contribution < -0.4 is 21.1 Å². The Morgan fingerprint density at radius 3 is 2.15 bits per heavy atom. The number of carbonyl (C=O) groups excluding carboxylic acids is 2. The summed E-state index contributed by atoms with van der Waals surface area (Å²) in [5.74, 6) is 0.490. The normalized spacial score (nSPS) is 12.7. The van der Waals surface area contributed by atoms with E-state index in [-0.39, 0.29) is 17.6 Å². The van der Waals surface area contributed by atoms with Gasteiger partial charge < -0.3 is 21.1 Å². The van der Waals surface area contributed by atoms with Gasteiger partial charge in [0, 0.05) is 6.54 Å². The number of urea groups is 1. The van der Waals surface area contributed by atoms with Crippen molar-refractivity contribution >= 4 is 11.9 Å². The maximum Gasteiger partial charge on any atom is 0.312 e. The number of rotatable bonds is 8. The molecule has 4 N–H and O–H groups in total. The van der Waals surface area contributed by atoms with E-state index in [0.717, 1.165) is 12.0 Å². The smallest absolute Gasteiger partial charge is 0.312 e. The topological polar surface area (TPSA) is 93.5 Å². The summed E-state index contributed by atoms with van der Waals surface area (Å²) >= 11 is 0. The summed E-state index contributed by atoms with van der Waals surface area (Å²) in [5, 5.41) is 5.29. The van der Waals surface area contributed by atoms with Gasteiger partial charge in [-0.15, -0.1) is 0 Å². The zero-order valence-electron chi connectivity index (χ0n) is 15.4. The number of benzene rings is 2. The Kier molecular flexibility index (Phi) is 7.16. The van der Waals surface area contributed by atoms with E-state index >= 15 is 0 Å². The van der Waals surface area contributed by atoms with Gasteiger partial charge >= 0.3 is 6.03 Å². The van der Waals surface area contributed by atoms with Gasteiger partial charge in [0.2, 0.25) is 5.91 Å². The second-order valence-corrected chi connectivity index (χ2v) is 6.29.